The molecule has 1 heterocycles. The van der Waals surface area contributed by atoms with E-state index in [0.717, 1.165) is 41.7 Å². The number of esters is 1. The summed E-state index contributed by atoms with van der Waals surface area (Å²) in [5.74, 6) is -0.691. The number of benzene rings is 2. The molecule has 0 aromatic heterocycles. The van der Waals surface area contributed by atoms with Crippen LogP contribution in [0.25, 0.3) is 6.08 Å². The van der Waals surface area contributed by atoms with E-state index in [1.807, 2.05) is 48.5 Å². The fourth-order valence-electron chi connectivity index (χ4n) is 4.31. The Bertz CT molecular complexity index is 1080. The highest BCUT2D eigenvalue weighted by Gasteiger charge is 2.43. The number of hydrogen-bond donors (Lipinski definition) is 0. The van der Waals surface area contributed by atoms with Crippen LogP contribution in [0.1, 0.15) is 49.8 Å². The van der Waals surface area contributed by atoms with Gasteiger partial charge in [-0.1, -0.05) is 54.4 Å². The lowest BCUT2D eigenvalue weighted by Crippen LogP contribution is -2.34. The van der Waals surface area contributed by atoms with Gasteiger partial charge in [0.25, 0.3) is 5.91 Å². The third-order valence-electron chi connectivity index (χ3n) is 5.80. The van der Waals surface area contributed by atoms with E-state index in [9.17, 15) is 9.59 Å². The zero-order valence-electron chi connectivity index (χ0n) is 17.8. The summed E-state index contributed by atoms with van der Waals surface area (Å²) in [5.41, 5.74) is 3.97. The molecule has 0 radical (unpaired) electrons. The van der Waals surface area contributed by atoms with Gasteiger partial charge in [-0.15, -0.1) is 0 Å². The zero-order chi connectivity index (χ0) is 22.7. The maximum absolute atomic E-state index is 13.0. The normalized spacial score (nSPS) is 21.3. The number of hydrazone groups is 1. The SMILES string of the molecule is CCC(=O)OCC(=O)N1N=C2C(=Cc3cccc(Cl)c3)CCCC2C1c1ccc(Cl)cc1. The Balaban J connectivity index is 1.69. The number of hydrogen-bond acceptors (Lipinski definition) is 4. The predicted molar refractivity (Wildman–Crippen MR) is 126 cm³/mol. The van der Waals surface area contributed by atoms with Crippen molar-refractivity contribution in [3.8, 4) is 0 Å². The maximum atomic E-state index is 13.0. The second kappa shape index (κ2) is 9.88. The molecule has 1 aliphatic carbocycles. The molecule has 1 saturated carbocycles. The lowest BCUT2D eigenvalue weighted by molar-refractivity contribution is -0.152. The van der Waals surface area contributed by atoms with Crippen LogP contribution in [0.4, 0.5) is 0 Å². The Morgan fingerprint density at radius 2 is 1.94 bits per heavy atom. The lowest BCUT2D eigenvalue weighted by Gasteiger charge is -2.29. The number of halogens is 2. The summed E-state index contributed by atoms with van der Waals surface area (Å²) >= 11 is 12.3. The summed E-state index contributed by atoms with van der Waals surface area (Å²) < 4.78 is 5.11. The van der Waals surface area contributed by atoms with Crippen molar-refractivity contribution in [1.82, 2.24) is 5.01 Å². The van der Waals surface area contributed by atoms with E-state index < -0.39 is 5.97 Å². The number of carbonyl (C=O) groups is 2. The van der Waals surface area contributed by atoms with Crippen LogP contribution in [0, 0.1) is 5.92 Å². The number of rotatable bonds is 5. The predicted octanol–water partition coefficient (Wildman–Crippen LogP) is 6.07. The van der Waals surface area contributed by atoms with Crippen LogP contribution in [0.5, 0.6) is 0 Å². The standard InChI is InChI=1S/C25H24Cl2N2O3/c1-2-23(31)32-15-22(30)29-25(17-9-11-19(26)12-10-17)21-8-4-6-18(24(21)28-29)13-16-5-3-7-20(27)14-16/h3,5,7,9-14,21,25H,2,4,6,8,15H2,1H3. The van der Waals surface area contributed by atoms with Crippen molar-refractivity contribution in [1.29, 1.82) is 0 Å². The molecule has 7 heteroatoms. The molecule has 1 amide bonds. The third kappa shape index (κ3) is 4.89. The van der Waals surface area contributed by atoms with Gasteiger partial charge >= 0.3 is 5.97 Å². The molecular weight excluding hydrogens is 447 g/mol. The minimum absolute atomic E-state index is 0.0567. The van der Waals surface area contributed by atoms with Gasteiger partial charge in [-0.25, -0.2) is 5.01 Å². The van der Waals surface area contributed by atoms with Gasteiger partial charge in [-0.3, -0.25) is 9.59 Å². The fraction of sp³-hybridized carbons (Fsp3) is 0.320. The highest BCUT2D eigenvalue weighted by molar-refractivity contribution is 6.31. The van der Waals surface area contributed by atoms with E-state index in [0.29, 0.717) is 10.0 Å². The minimum Gasteiger partial charge on any atom is -0.455 e. The van der Waals surface area contributed by atoms with Crippen LogP contribution in [-0.2, 0) is 14.3 Å². The van der Waals surface area contributed by atoms with Gasteiger partial charge in [0.05, 0.1) is 11.8 Å². The molecule has 2 atom stereocenters. The number of nitrogens with zero attached hydrogens (tertiary/aromatic N) is 2. The van der Waals surface area contributed by atoms with Crippen molar-refractivity contribution in [3.05, 3.63) is 75.3 Å². The Labute approximate surface area is 197 Å². The van der Waals surface area contributed by atoms with E-state index in [1.165, 1.54) is 5.01 Å². The van der Waals surface area contributed by atoms with Crippen LogP contribution in [-0.4, -0.2) is 29.2 Å². The van der Waals surface area contributed by atoms with Crippen LogP contribution in [0.2, 0.25) is 10.0 Å². The molecule has 1 aliphatic heterocycles. The fourth-order valence-corrected chi connectivity index (χ4v) is 4.63. The van der Waals surface area contributed by atoms with Crippen molar-refractivity contribution >= 4 is 46.9 Å². The zero-order valence-corrected chi connectivity index (χ0v) is 19.3. The highest BCUT2D eigenvalue weighted by Crippen LogP contribution is 2.44. The molecule has 166 valence electrons. The van der Waals surface area contributed by atoms with Crippen LogP contribution < -0.4 is 0 Å². The van der Waals surface area contributed by atoms with Gasteiger partial charge < -0.3 is 4.74 Å². The van der Waals surface area contributed by atoms with Crippen molar-refractivity contribution in [2.24, 2.45) is 11.0 Å². The monoisotopic (exact) mass is 470 g/mol. The summed E-state index contributed by atoms with van der Waals surface area (Å²) in [6.07, 6.45) is 5.10. The maximum Gasteiger partial charge on any atom is 0.306 e. The number of amides is 1. The van der Waals surface area contributed by atoms with Gasteiger partial charge in [-0.2, -0.15) is 5.10 Å². The molecule has 2 aliphatic rings. The summed E-state index contributed by atoms with van der Waals surface area (Å²) in [7, 11) is 0. The quantitative estimate of drug-likeness (QED) is 0.498. The van der Waals surface area contributed by atoms with Gasteiger partial charge in [-0.05, 0) is 66.3 Å². The first kappa shape index (κ1) is 22.6. The molecule has 0 saturated heterocycles. The van der Waals surface area contributed by atoms with Crippen LogP contribution >= 0.6 is 23.2 Å². The summed E-state index contributed by atoms with van der Waals surface area (Å²) in [5, 5.41) is 7.57. The van der Waals surface area contributed by atoms with Crippen molar-refractivity contribution in [2.45, 2.75) is 38.6 Å². The van der Waals surface area contributed by atoms with E-state index in [1.54, 1.807) is 6.92 Å². The summed E-state index contributed by atoms with van der Waals surface area (Å²) in [6, 6.07) is 14.9. The van der Waals surface area contributed by atoms with Gasteiger partial charge in [0.1, 0.15) is 0 Å². The molecule has 0 N–H and O–H groups in total. The van der Waals surface area contributed by atoms with E-state index in [-0.39, 0.29) is 30.9 Å². The second-order valence-corrected chi connectivity index (χ2v) is 8.83. The molecule has 0 spiro atoms. The Hall–Kier alpha value is -2.63. The molecule has 1 fully saturated rings. The average molecular weight is 471 g/mol. The first-order valence-corrected chi connectivity index (χ1v) is 11.5. The molecule has 2 aromatic rings. The molecule has 4 rings (SSSR count). The first-order chi connectivity index (χ1) is 15.5. The second-order valence-electron chi connectivity index (χ2n) is 7.96. The smallest absolute Gasteiger partial charge is 0.306 e. The molecule has 0 bridgehead atoms. The van der Waals surface area contributed by atoms with Crippen molar-refractivity contribution in [3.63, 3.8) is 0 Å². The van der Waals surface area contributed by atoms with E-state index in [4.69, 9.17) is 33.0 Å². The van der Waals surface area contributed by atoms with Gasteiger partial charge in [0, 0.05) is 22.4 Å². The third-order valence-corrected chi connectivity index (χ3v) is 6.29. The van der Waals surface area contributed by atoms with Crippen molar-refractivity contribution < 1.29 is 14.3 Å². The Morgan fingerprint density at radius 3 is 2.66 bits per heavy atom. The van der Waals surface area contributed by atoms with Gasteiger partial charge in [0.2, 0.25) is 0 Å². The number of carbonyl (C=O) groups excluding carboxylic acids is 2. The first-order valence-electron chi connectivity index (χ1n) is 10.7. The number of ether oxygens (including phenoxy) is 1. The lowest BCUT2D eigenvalue weighted by atomic mass is 9.77. The molecular formula is C25H24Cl2N2O3. The van der Waals surface area contributed by atoms with E-state index in [2.05, 4.69) is 6.08 Å². The molecule has 5 nitrogen and oxygen atoms in total. The minimum atomic E-state index is -0.410. The van der Waals surface area contributed by atoms with Crippen LogP contribution in [0.3, 0.4) is 0 Å². The average Bonchev–Trinajstić information content (AvgIpc) is 3.18. The number of allylic oxidation sites excluding steroid dienone is 1. The van der Waals surface area contributed by atoms with Crippen LogP contribution in [0.15, 0.2) is 59.2 Å². The largest absolute Gasteiger partial charge is 0.455 e. The Kier molecular flexibility index (Phi) is 6.97. The Morgan fingerprint density at radius 1 is 1.16 bits per heavy atom. The summed E-state index contributed by atoms with van der Waals surface area (Å²) in [6.45, 7) is 1.37. The molecule has 32 heavy (non-hydrogen) atoms. The van der Waals surface area contributed by atoms with E-state index >= 15 is 0 Å². The molecule has 2 unspecified atom stereocenters. The number of fused-ring (bicyclic) bond motifs is 1. The van der Waals surface area contributed by atoms with Crippen molar-refractivity contribution in [2.75, 3.05) is 6.61 Å². The summed E-state index contributed by atoms with van der Waals surface area (Å²) in [4.78, 5) is 24.6. The highest BCUT2D eigenvalue weighted by atomic mass is 35.5. The topological polar surface area (TPSA) is 59.0 Å². The molecule has 2 aromatic carbocycles. The van der Waals surface area contributed by atoms with Gasteiger partial charge in [0.15, 0.2) is 6.61 Å².